The van der Waals surface area contributed by atoms with Crippen molar-refractivity contribution in [3.05, 3.63) is 96.3 Å². The van der Waals surface area contributed by atoms with Crippen LogP contribution in [0.2, 0.25) is 0 Å². The number of hydrogen-bond acceptors (Lipinski definition) is 2. The third-order valence-corrected chi connectivity index (χ3v) is 6.33. The Morgan fingerprint density at radius 3 is 2.38 bits per heavy atom. The van der Waals surface area contributed by atoms with E-state index in [2.05, 4.69) is 97.7 Å². The zero-order valence-electron chi connectivity index (χ0n) is 16.5. The van der Waals surface area contributed by atoms with E-state index in [4.69, 9.17) is 4.98 Å². The topological polar surface area (TPSA) is 25.8 Å². The highest BCUT2D eigenvalue weighted by Gasteiger charge is 2.36. The van der Waals surface area contributed by atoms with Crippen LogP contribution in [0.5, 0.6) is 0 Å². The third-order valence-electron chi connectivity index (χ3n) is 6.33. The van der Waals surface area contributed by atoms with Crippen molar-refractivity contribution in [2.75, 3.05) is 0 Å². The van der Waals surface area contributed by atoms with E-state index in [1.807, 2.05) is 0 Å². The maximum atomic E-state index is 4.74. The van der Waals surface area contributed by atoms with Crippen molar-refractivity contribution >= 4 is 21.7 Å². The van der Waals surface area contributed by atoms with Gasteiger partial charge in [-0.05, 0) is 45.2 Å². The highest BCUT2D eigenvalue weighted by molar-refractivity contribution is 6.05. The van der Waals surface area contributed by atoms with Crippen molar-refractivity contribution in [2.45, 2.75) is 19.3 Å². The van der Waals surface area contributed by atoms with Gasteiger partial charge in [-0.2, -0.15) is 0 Å². The highest BCUT2D eigenvalue weighted by Crippen LogP contribution is 2.50. The summed E-state index contributed by atoms with van der Waals surface area (Å²) in [5.74, 6) is 0. The number of aromatic nitrogens is 2. The molecule has 0 saturated carbocycles. The molecule has 0 spiro atoms. The van der Waals surface area contributed by atoms with Crippen molar-refractivity contribution < 1.29 is 0 Å². The molecule has 138 valence electrons. The van der Waals surface area contributed by atoms with Gasteiger partial charge in [-0.25, -0.2) is 9.97 Å². The summed E-state index contributed by atoms with van der Waals surface area (Å²) in [7, 11) is 0. The van der Waals surface area contributed by atoms with Gasteiger partial charge in [0, 0.05) is 16.4 Å². The molecule has 0 saturated heterocycles. The summed E-state index contributed by atoms with van der Waals surface area (Å²) in [6.45, 7) is 4.66. The zero-order valence-corrected chi connectivity index (χ0v) is 16.5. The van der Waals surface area contributed by atoms with E-state index in [-0.39, 0.29) is 5.41 Å². The van der Waals surface area contributed by atoms with Gasteiger partial charge >= 0.3 is 0 Å². The largest absolute Gasteiger partial charge is 0.236 e. The van der Waals surface area contributed by atoms with Crippen LogP contribution in [0.4, 0.5) is 0 Å². The quantitative estimate of drug-likeness (QED) is 0.325. The molecule has 0 aliphatic heterocycles. The molecule has 29 heavy (non-hydrogen) atoms. The van der Waals surface area contributed by atoms with E-state index >= 15 is 0 Å². The van der Waals surface area contributed by atoms with Crippen LogP contribution in [-0.2, 0) is 5.41 Å². The van der Waals surface area contributed by atoms with E-state index in [0.717, 1.165) is 11.2 Å². The number of nitrogens with zero attached hydrogens (tertiary/aromatic N) is 2. The van der Waals surface area contributed by atoms with Crippen molar-refractivity contribution in [1.29, 1.82) is 0 Å². The molecular weight excluding hydrogens is 352 g/mol. The lowest BCUT2D eigenvalue weighted by atomic mass is 9.68. The Bertz CT molecular complexity index is 1420. The van der Waals surface area contributed by atoms with Crippen LogP contribution >= 0.6 is 0 Å². The van der Waals surface area contributed by atoms with Crippen molar-refractivity contribution in [1.82, 2.24) is 9.97 Å². The van der Waals surface area contributed by atoms with Gasteiger partial charge in [-0.15, -0.1) is 0 Å². The molecule has 4 aromatic carbocycles. The number of benzene rings is 4. The fourth-order valence-corrected chi connectivity index (χ4v) is 4.96. The van der Waals surface area contributed by atoms with Crippen LogP contribution in [0.1, 0.15) is 25.0 Å². The molecule has 6 rings (SSSR count). The number of rotatable bonds is 1. The smallest absolute Gasteiger partial charge is 0.116 e. The molecule has 0 amide bonds. The average Bonchev–Trinajstić information content (AvgIpc) is 2.77. The Labute approximate surface area is 169 Å². The monoisotopic (exact) mass is 372 g/mol. The maximum absolute atomic E-state index is 4.74. The predicted molar refractivity (Wildman–Crippen MR) is 120 cm³/mol. The van der Waals surface area contributed by atoms with Gasteiger partial charge in [0.25, 0.3) is 0 Å². The SMILES string of the molecule is CC1(C)c2c(ccc3ccccc23)-c2ncnc3cc(-c4ccccc4)cc1c23. The minimum absolute atomic E-state index is 0.156. The van der Waals surface area contributed by atoms with Crippen molar-refractivity contribution in [3.63, 3.8) is 0 Å². The van der Waals surface area contributed by atoms with Gasteiger partial charge < -0.3 is 0 Å². The van der Waals surface area contributed by atoms with Crippen LogP contribution in [0.15, 0.2) is 85.2 Å². The molecule has 2 nitrogen and oxygen atoms in total. The Kier molecular flexibility index (Phi) is 3.25. The standard InChI is InChI=1S/C27H20N2/c1-27(2)22-14-19(17-8-4-3-5-9-17)15-23-24(22)26(29-16-28-23)21-13-12-18-10-6-7-11-20(18)25(21)27/h3-16H,1-2H3. The Morgan fingerprint density at radius 1 is 0.724 bits per heavy atom. The fourth-order valence-electron chi connectivity index (χ4n) is 4.96. The molecule has 0 N–H and O–H groups in total. The lowest BCUT2D eigenvalue weighted by Gasteiger charge is -2.35. The van der Waals surface area contributed by atoms with Crippen molar-refractivity contribution in [3.8, 4) is 22.4 Å². The highest BCUT2D eigenvalue weighted by atomic mass is 14.8. The van der Waals surface area contributed by atoms with Gasteiger partial charge in [0.2, 0.25) is 0 Å². The molecule has 0 atom stereocenters. The average molecular weight is 372 g/mol. The van der Waals surface area contributed by atoms with Gasteiger partial charge in [-0.1, -0.05) is 80.6 Å². The second kappa shape index (κ2) is 5.74. The summed E-state index contributed by atoms with van der Waals surface area (Å²) >= 11 is 0. The lowest BCUT2D eigenvalue weighted by Crippen LogP contribution is -2.25. The molecule has 5 aromatic rings. The molecule has 2 heteroatoms. The first kappa shape index (κ1) is 16.4. The Hall–Kier alpha value is -3.52. The molecule has 0 radical (unpaired) electrons. The Morgan fingerprint density at radius 2 is 1.52 bits per heavy atom. The molecule has 0 bridgehead atoms. The molecule has 1 aromatic heterocycles. The lowest BCUT2D eigenvalue weighted by molar-refractivity contribution is 0.650. The molecule has 1 aliphatic rings. The van der Waals surface area contributed by atoms with E-state index < -0.39 is 0 Å². The summed E-state index contributed by atoms with van der Waals surface area (Å²) in [5, 5.41) is 3.75. The summed E-state index contributed by atoms with van der Waals surface area (Å²) in [6.07, 6.45) is 1.70. The summed E-state index contributed by atoms with van der Waals surface area (Å²) in [6, 6.07) is 28.2. The predicted octanol–water partition coefficient (Wildman–Crippen LogP) is 6.76. The first-order valence-electron chi connectivity index (χ1n) is 10.0. The van der Waals surface area contributed by atoms with E-state index in [1.165, 1.54) is 44.0 Å². The zero-order chi connectivity index (χ0) is 19.6. The second-order valence-corrected chi connectivity index (χ2v) is 8.34. The first-order chi connectivity index (χ1) is 14.1. The van der Waals surface area contributed by atoms with Gasteiger partial charge in [0.1, 0.15) is 6.33 Å². The summed E-state index contributed by atoms with van der Waals surface area (Å²) < 4.78 is 0. The summed E-state index contributed by atoms with van der Waals surface area (Å²) in [4.78, 5) is 9.40. The molecule has 1 aliphatic carbocycles. The number of fused-ring (bicyclic) bond motifs is 4. The van der Waals surface area contributed by atoms with Crippen LogP contribution < -0.4 is 0 Å². The van der Waals surface area contributed by atoms with E-state index in [1.54, 1.807) is 6.33 Å². The van der Waals surface area contributed by atoms with Gasteiger partial charge in [0.05, 0.1) is 11.2 Å². The van der Waals surface area contributed by atoms with Crippen LogP contribution in [0.25, 0.3) is 44.1 Å². The van der Waals surface area contributed by atoms with Crippen LogP contribution in [-0.4, -0.2) is 9.97 Å². The molecular formula is C27H20N2. The Balaban J connectivity index is 1.77. The van der Waals surface area contributed by atoms with Crippen LogP contribution in [0, 0.1) is 0 Å². The van der Waals surface area contributed by atoms with Gasteiger partial charge in [-0.3, -0.25) is 0 Å². The minimum Gasteiger partial charge on any atom is -0.236 e. The molecule has 0 unspecified atom stereocenters. The summed E-state index contributed by atoms with van der Waals surface area (Å²) in [5.41, 5.74) is 8.20. The fraction of sp³-hybridized carbons (Fsp3) is 0.111. The minimum atomic E-state index is -0.156. The van der Waals surface area contributed by atoms with E-state index in [9.17, 15) is 0 Å². The first-order valence-corrected chi connectivity index (χ1v) is 10.0. The molecule has 0 fully saturated rings. The van der Waals surface area contributed by atoms with Crippen molar-refractivity contribution in [2.24, 2.45) is 0 Å². The second-order valence-electron chi connectivity index (χ2n) is 8.34. The molecule has 1 heterocycles. The van der Waals surface area contributed by atoms with E-state index in [0.29, 0.717) is 0 Å². The van der Waals surface area contributed by atoms with Crippen LogP contribution in [0.3, 0.4) is 0 Å². The number of hydrogen-bond donors (Lipinski definition) is 0. The van der Waals surface area contributed by atoms with Gasteiger partial charge in [0.15, 0.2) is 0 Å². The maximum Gasteiger partial charge on any atom is 0.116 e. The normalized spacial score (nSPS) is 14.1. The third kappa shape index (κ3) is 2.23.